The van der Waals surface area contributed by atoms with Gasteiger partial charge in [-0.25, -0.2) is 9.97 Å². The van der Waals surface area contributed by atoms with E-state index in [9.17, 15) is 0 Å². The number of anilines is 1. The molecule has 0 aliphatic carbocycles. The largest absolute Gasteiger partial charge is 0.379 e. The molecular weight excluding hydrogens is 204 g/mol. The molecule has 0 bridgehead atoms. The molecule has 1 fully saturated rings. The fraction of sp³-hybridized carbons (Fsp3) is 0.636. The molecule has 1 saturated heterocycles. The van der Waals surface area contributed by atoms with Crippen molar-refractivity contribution in [1.29, 1.82) is 0 Å². The lowest BCUT2D eigenvalue weighted by Gasteiger charge is -2.26. The van der Waals surface area contributed by atoms with Crippen LogP contribution in [0.5, 0.6) is 0 Å². The van der Waals surface area contributed by atoms with Crippen molar-refractivity contribution in [2.45, 2.75) is 6.92 Å². The van der Waals surface area contributed by atoms with Crippen molar-refractivity contribution in [3.63, 3.8) is 0 Å². The summed E-state index contributed by atoms with van der Waals surface area (Å²) in [5, 5.41) is 3.20. The monoisotopic (exact) mass is 221 g/mol. The van der Waals surface area contributed by atoms with Gasteiger partial charge < -0.3 is 10.1 Å². The van der Waals surface area contributed by atoms with Crippen LogP contribution in [0, 0.1) is 13.1 Å². The van der Waals surface area contributed by atoms with Gasteiger partial charge in [0.25, 0.3) is 0 Å². The second-order valence-corrected chi connectivity index (χ2v) is 3.84. The van der Waals surface area contributed by atoms with Crippen LogP contribution in [0.15, 0.2) is 6.07 Å². The maximum Gasteiger partial charge on any atom is 0.223 e. The van der Waals surface area contributed by atoms with Gasteiger partial charge in [-0.15, -0.1) is 0 Å². The lowest BCUT2D eigenvalue weighted by Crippen LogP contribution is -2.39. The Morgan fingerprint density at radius 3 is 3.06 bits per heavy atom. The SMILES string of the molecule is Cc1c[c]nc(NCCN2CCOCC2)n1. The van der Waals surface area contributed by atoms with E-state index in [-0.39, 0.29) is 0 Å². The fourth-order valence-corrected chi connectivity index (χ4v) is 1.64. The average molecular weight is 221 g/mol. The van der Waals surface area contributed by atoms with Gasteiger partial charge in [0.2, 0.25) is 5.95 Å². The summed E-state index contributed by atoms with van der Waals surface area (Å²) in [6.45, 7) is 7.51. The van der Waals surface area contributed by atoms with Gasteiger partial charge in [-0.1, -0.05) is 0 Å². The van der Waals surface area contributed by atoms with Crippen LogP contribution < -0.4 is 5.32 Å². The van der Waals surface area contributed by atoms with Crippen molar-refractivity contribution >= 4 is 5.95 Å². The normalized spacial score (nSPS) is 17.3. The molecule has 1 aromatic rings. The summed E-state index contributed by atoms with van der Waals surface area (Å²) in [4.78, 5) is 10.7. The first kappa shape index (κ1) is 11.3. The van der Waals surface area contributed by atoms with Gasteiger partial charge in [0.15, 0.2) is 0 Å². The van der Waals surface area contributed by atoms with Gasteiger partial charge in [-0.3, -0.25) is 4.90 Å². The zero-order chi connectivity index (χ0) is 11.2. The van der Waals surface area contributed by atoms with Crippen LogP contribution in [0.3, 0.4) is 0 Å². The second kappa shape index (κ2) is 5.77. The molecule has 2 heterocycles. The molecule has 0 spiro atoms. The third kappa shape index (κ3) is 3.43. The highest BCUT2D eigenvalue weighted by atomic mass is 16.5. The Bertz CT molecular complexity index is 326. The number of rotatable bonds is 4. The van der Waals surface area contributed by atoms with Crippen LogP contribution in [0.25, 0.3) is 0 Å². The van der Waals surface area contributed by atoms with Crippen molar-refractivity contribution in [3.05, 3.63) is 18.0 Å². The van der Waals surface area contributed by atoms with Gasteiger partial charge in [0, 0.05) is 31.9 Å². The summed E-state index contributed by atoms with van der Waals surface area (Å²) < 4.78 is 5.29. The molecule has 1 aromatic heterocycles. The minimum atomic E-state index is 0.660. The van der Waals surface area contributed by atoms with E-state index >= 15 is 0 Å². The van der Waals surface area contributed by atoms with Gasteiger partial charge in [-0.2, -0.15) is 0 Å². The highest BCUT2D eigenvalue weighted by Gasteiger charge is 2.09. The molecule has 87 valence electrons. The van der Waals surface area contributed by atoms with Crippen molar-refractivity contribution < 1.29 is 4.74 Å². The summed E-state index contributed by atoms with van der Waals surface area (Å²) in [5.74, 6) is 0.660. The molecule has 1 radical (unpaired) electrons. The predicted molar refractivity (Wildman–Crippen MR) is 61.4 cm³/mol. The van der Waals surface area contributed by atoms with Gasteiger partial charge in [0.05, 0.1) is 19.4 Å². The molecule has 5 nitrogen and oxygen atoms in total. The van der Waals surface area contributed by atoms with E-state index in [4.69, 9.17) is 4.74 Å². The highest BCUT2D eigenvalue weighted by molar-refractivity contribution is 5.23. The fourth-order valence-electron chi connectivity index (χ4n) is 1.64. The van der Waals surface area contributed by atoms with E-state index in [1.165, 1.54) is 0 Å². The molecule has 1 aliphatic heterocycles. The van der Waals surface area contributed by atoms with Crippen LogP contribution in [0.4, 0.5) is 5.95 Å². The quantitative estimate of drug-likeness (QED) is 0.794. The van der Waals surface area contributed by atoms with E-state index in [0.29, 0.717) is 5.95 Å². The van der Waals surface area contributed by atoms with Crippen molar-refractivity contribution in [2.75, 3.05) is 44.7 Å². The molecule has 1 aliphatic rings. The minimum Gasteiger partial charge on any atom is -0.379 e. The van der Waals surface area contributed by atoms with E-state index in [1.807, 2.05) is 6.92 Å². The van der Waals surface area contributed by atoms with Gasteiger partial charge >= 0.3 is 0 Å². The van der Waals surface area contributed by atoms with Crippen molar-refractivity contribution in [3.8, 4) is 0 Å². The summed E-state index contributed by atoms with van der Waals surface area (Å²) in [7, 11) is 0. The highest BCUT2D eigenvalue weighted by Crippen LogP contribution is 1.99. The first-order valence-electron chi connectivity index (χ1n) is 5.60. The molecule has 0 atom stereocenters. The minimum absolute atomic E-state index is 0.660. The molecular formula is C11H17N4O. The van der Waals surface area contributed by atoms with E-state index in [2.05, 4.69) is 26.4 Å². The van der Waals surface area contributed by atoms with Gasteiger partial charge in [0.1, 0.15) is 0 Å². The first-order chi connectivity index (χ1) is 7.84. The molecule has 0 unspecified atom stereocenters. The van der Waals surface area contributed by atoms with E-state index < -0.39 is 0 Å². The summed E-state index contributed by atoms with van der Waals surface area (Å²) >= 11 is 0. The van der Waals surface area contributed by atoms with Crippen LogP contribution in [-0.4, -0.2) is 54.3 Å². The molecule has 16 heavy (non-hydrogen) atoms. The maximum absolute atomic E-state index is 5.29. The zero-order valence-corrected chi connectivity index (χ0v) is 9.57. The number of aryl methyl sites for hydroxylation is 1. The first-order valence-corrected chi connectivity index (χ1v) is 5.60. The van der Waals surface area contributed by atoms with Gasteiger partial charge in [-0.05, 0) is 13.0 Å². The number of ether oxygens (including phenoxy) is 1. The zero-order valence-electron chi connectivity index (χ0n) is 9.57. The van der Waals surface area contributed by atoms with Crippen LogP contribution in [0.1, 0.15) is 5.69 Å². The number of aromatic nitrogens is 2. The van der Waals surface area contributed by atoms with Crippen LogP contribution >= 0.6 is 0 Å². The molecule has 2 rings (SSSR count). The Kier molecular flexibility index (Phi) is 4.07. The van der Waals surface area contributed by atoms with Crippen molar-refractivity contribution in [2.24, 2.45) is 0 Å². The molecule has 1 N–H and O–H groups in total. The lowest BCUT2D eigenvalue weighted by molar-refractivity contribution is 0.0398. The third-order valence-electron chi connectivity index (χ3n) is 2.54. The number of nitrogens with one attached hydrogen (secondary N) is 1. The van der Waals surface area contributed by atoms with Crippen molar-refractivity contribution in [1.82, 2.24) is 14.9 Å². The maximum atomic E-state index is 5.29. The number of nitrogens with zero attached hydrogens (tertiary/aromatic N) is 3. The smallest absolute Gasteiger partial charge is 0.223 e. The van der Waals surface area contributed by atoms with Crippen LogP contribution in [-0.2, 0) is 4.74 Å². The third-order valence-corrected chi connectivity index (χ3v) is 2.54. The Balaban J connectivity index is 1.71. The second-order valence-electron chi connectivity index (χ2n) is 3.84. The van der Waals surface area contributed by atoms with E-state index in [0.717, 1.165) is 45.1 Å². The Labute approximate surface area is 95.8 Å². The Morgan fingerprint density at radius 1 is 1.50 bits per heavy atom. The number of morpholine rings is 1. The Hall–Kier alpha value is -1.20. The molecule has 5 heteroatoms. The van der Waals surface area contributed by atoms with Crippen LogP contribution in [0.2, 0.25) is 0 Å². The van der Waals surface area contributed by atoms with E-state index in [1.54, 1.807) is 6.07 Å². The standard InChI is InChI=1S/C11H17N4O/c1-10-2-3-12-11(14-10)13-4-5-15-6-8-16-9-7-15/h2H,4-9H2,1H3,(H,12,13,14). The number of hydrogen-bond donors (Lipinski definition) is 1. The summed E-state index contributed by atoms with van der Waals surface area (Å²) in [6.07, 6.45) is 2.81. The predicted octanol–water partition coefficient (Wildman–Crippen LogP) is 0.329. The summed E-state index contributed by atoms with van der Waals surface area (Å²) in [6, 6.07) is 1.77. The molecule has 0 saturated carbocycles. The Morgan fingerprint density at radius 2 is 2.31 bits per heavy atom. The lowest BCUT2D eigenvalue weighted by atomic mass is 10.4. The summed E-state index contributed by atoms with van der Waals surface area (Å²) in [5.41, 5.74) is 0.934. The average Bonchev–Trinajstić information content (AvgIpc) is 2.30. The number of hydrogen-bond acceptors (Lipinski definition) is 5. The topological polar surface area (TPSA) is 50.3 Å². The molecule has 0 amide bonds. The molecule has 0 aromatic carbocycles.